The van der Waals surface area contributed by atoms with Gasteiger partial charge in [0.1, 0.15) is 11.5 Å². The average Bonchev–Trinajstić information content (AvgIpc) is 2.66. The summed E-state index contributed by atoms with van der Waals surface area (Å²) in [5.74, 6) is -0.466. The van der Waals surface area contributed by atoms with E-state index >= 15 is 0 Å². The van der Waals surface area contributed by atoms with Crippen molar-refractivity contribution in [2.24, 2.45) is 5.92 Å². The van der Waals surface area contributed by atoms with E-state index < -0.39 is 35.4 Å². The van der Waals surface area contributed by atoms with Crippen LogP contribution < -0.4 is 10.1 Å². The molecule has 0 radical (unpaired) electrons. The van der Waals surface area contributed by atoms with Gasteiger partial charge in [-0.1, -0.05) is 26.0 Å². The van der Waals surface area contributed by atoms with E-state index in [9.17, 15) is 23.1 Å². The predicted octanol–water partition coefficient (Wildman–Crippen LogP) is 4.95. The molecule has 2 N–H and O–H groups in total. The average molecular weight is 420 g/mol. The summed E-state index contributed by atoms with van der Waals surface area (Å²) in [5, 5.41) is 21.1. The largest absolute Gasteiger partial charge is 0.508 e. The van der Waals surface area contributed by atoms with Gasteiger partial charge < -0.3 is 15.2 Å². The van der Waals surface area contributed by atoms with E-state index in [1.54, 1.807) is 19.1 Å². The second-order valence-electron chi connectivity index (χ2n) is 7.37. The van der Waals surface area contributed by atoms with Gasteiger partial charge in [-0.3, -0.25) is 4.79 Å². The van der Waals surface area contributed by atoms with Gasteiger partial charge in [-0.15, -0.1) is 0 Å². The molecule has 0 aromatic heterocycles. The normalized spacial score (nSPS) is 13.4. The van der Waals surface area contributed by atoms with Crippen LogP contribution in [-0.2, 0) is 11.0 Å². The first-order valence-electron chi connectivity index (χ1n) is 9.38. The molecule has 0 saturated carbocycles. The van der Waals surface area contributed by atoms with Crippen molar-refractivity contribution in [3.8, 4) is 17.6 Å². The lowest BCUT2D eigenvalue weighted by Gasteiger charge is -2.23. The zero-order valence-corrected chi connectivity index (χ0v) is 16.8. The highest BCUT2D eigenvalue weighted by Gasteiger charge is 2.34. The number of amides is 1. The maximum Gasteiger partial charge on any atom is 0.417 e. The van der Waals surface area contributed by atoms with Gasteiger partial charge in [0, 0.05) is 0 Å². The number of rotatable bonds is 7. The molecule has 0 heterocycles. The Morgan fingerprint density at radius 2 is 1.80 bits per heavy atom. The fourth-order valence-corrected chi connectivity index (χ4v) is 2.88. The highest BCUT2D eigenvalue weighted by atomic mass is 19.4. The van der Waals surface area contributed by atoms with E-state index in [-0.39, 0.29) is 23.8 Å². The van der Waals surface area contributed by atoms with Crippen LogP contribution in [0.15, 0.2) is 42.5 Å². The summed E-state index contributed by atoms with van der Waals surface area (Å²) >= 11 is 0. The summed E-state index contributed by atoms with van der Waals surface area (Å²) in [4.78, 5) is 12.8. The van der Waals surface area contributed by atoms with Gasteiger partial charge in [0.05, 0.1) is 23.2 Å². The van der Waals surface area contributed by atoms with Gasteiger partial charge in [0.2, 0.25) is 0 Å². The number of alkyl halides is 3. The Labute approximate surface area is 173 Å². The second kappa shape index (κ2) is 9.53. The molecule has 0 bridgehead atoms. The lowest BCUT2D eigenvalue weighted by molar-refractivity contribution is -0.137. The number of halogens is 3. The maximum atomic E-state index is 13.2. The van der Waals surface area contributed by atoms with Gasteiger partial charge in [0.25, 0.3) is 5.91 Å². The van der Waals surface area contributed by atoms with Crippen LogP contribution in [-0.4, -0.2) is 17.1 Å². The Kier molecular flexibility index (Phi) is 7.33. The van der Waals surface area contributed by atoms with E-state index in [0.29, 0.717) is 0 Å². The summed E-state index contributed by atoms with van der Waals surface area (Å²) < 4.78 is 45.2. The van der Waals surface area contributed by atoms with Crippen LogP contribution in [0, 0.1) is 17.2 Å². The molecular weight excluding hydrogens is 397 g/mol. The first-order valence-corrected chi connectivity index (χ1v) is 9.38. The molecule has 1 unspecified atom stereocenters. The number of nitriles is 1. The van der Waals surface area contributed by atoms with Crippen LogP contribution in [0.3, 0.4) is 0 Å². The third kappa shape index (κ3) is 6.14. The number of nitrogens with one attached hydrogen (secondary N) is 1. The van der Waals surface area contributed by atoms with Crippen molar-refractivity contribution >= 4 is 5.91 Å². The van der Waals surface area contributed by atoms with Gasteiger partial charge in [-0.2, -0.15) is 18.4 Å². The number of carbonyl (C=O) groups excluding carboxylic acids is 1. The number of carbonyl (C=O) groups is 1. The number of benzene rings is 2. The van der Waals surface area contributed by atoms with Crippen molar-refractivity contribution in [1.29, 1.82) is 5.26 Å². The van der Waals surface area contributed by atoms with Crippen LogP contribution in [0.2, 0.25) is 0 Å². The van der Waals surface area contributed by atoms with Crippen LogP contribution in [0.25, 0.3) is 0 Å². The van der Waals surface area contributed by atoms with Crippen molar-refractivity contribution in [2.45, 2.75) is 45.5 Å². The van der Waals surface area contributed by atoms with Gasteiger partial charge in [-0.25, -0.2) is 0 Å². The van der Waals surface area contributed by atoms with Gasteiger partial charge >= 0.3 is 6.18 Å². The summed E-state index contributed by atoms with van der Waals surface area (Å²) in [7, 11) is 0. The van der Waals surface area contributed by atoms with E-state index in [1.165, 1.54) is 24.3 Å². The van der Waals surface area contributed by atoms with Crippen LogP contribution >= 0.6 is 0 Å². The third-order valence-electron chi connectivity index (χ3n) is 4.42. The highest BCUT2D eigenvalue weighted by molar-refractivity contribution is 5.81. The third-order valence-corrected chi connectivity index (χ3v) is 4.42. The molecule has 0 aliphatic rings. The highest BCUT2D eigenvalue weighted by Crippen LogP contribution is 2.34. The molecule has 30 heavy (non-hydrogen) atoms. The van der Waals surface area contributed by atoms with Crippen LogP contribution in [0.1, 0.15) is 49.9 Å². The molecule has 2 atom stereocenters. The summed E-state index contributed by atoms with van der Waals surface area (Å²) in [6.07, 6.45) is -5.44. The molecule has 8 heteroatoms. The molecule has 0 fully saturated rings. The lowest BCUT2D eigenvalue weighted by atomic mass is 10.0. The lowest BCUT2D eigenvalue weighted by Crippen LogP contribution is -2.40. The molecule has 0 spiro atoms. The molecule has 0 saturated heterocycles. The fourth-order valence-electron chi connectivity index (χ4n) is 2.88. The Hall–Kier alpha value is -3.21. The summed E-state index contributed by atoms with van der Waals surface area (Å²) in [5.41, 5.74) is -0.869. The van der Waals surface area contributed by atoms with Crippen LogP contribution in [0.4, 0.5) is 13.2 Å². The first-order chi connectivity index (χ1) is 14.0. The number of phenolic OH excluding ortho intramolecular Hbond substituents is 1. The first kappa shape index (κ1) is 23.1. The Balaban J connectivity index is 2.22. The minimum absolute atomic E-state index is 0.0465. The molecule has 160 valence electrons. The van der Waals surface area contributed by atoms with Crippen molar-refractivity contribution < 1.29 is 27.8 Å². The molecular formula is C22H23F3N2O3. The molecule has 5 nitrogen and oxygen atoms in total. The van der Waals surface area contributed by atoms with Crippen molar-refractivity contribution in [2.75, 3.05) is 0 Å². The second-order valence-corrected chi connectivity index (χ2v) is 7.37. The monoisotopic (exact) mass is 420 g/mol. The Bertz CT molecular complexity index is 919. The molecule has 1 amide bonds. The minimum atomic E-state index is -4.71. The SMILES string of the molecule is CC(C)CC(Oc1ccc(C#N)c(C(F)(F)F)c1)C(=O)N[C@@H](C)c1ccc(O)cc1. The van der Waals surface area contributed by atoms with Crippen molar-refractivity contribution in [1.82, 2.24) is 5.32 Å². The van der Waals surface area contributed by atoms with Crippen LogP contribution in [0.5, 0.6) is 11.5 Å². The molecule has 0 aliphatic carbocycles. The summed E-state index contributed by atoms with van der Waals surface area (Å²) in [6.45, 7) is 5.49. The Morgan fingerprint density at radius 3 is 2.33 bits per heavy atom. The zero-order valence-electron chi connectivity index (χ0n) is 16.8. The number of hydrogen-bond acceptors (Lipinski definition) is 4. The quantitative estimate of drug-likeness (QED) is 0.664. The van der Waals surface area contributed by atoms with E-state index in [4.69, 9.17) is 10.00 Å². The van der Waals surface area contributed by atoms with Crippen molar-refractivity contribution in [3.63, 3.8) is 0 Å². The predicted molar refractivity (Wildman–Crippen MR) is 105 cm³/mol. The topological polar surface area (TPSA) is 82.3 Å². The number of nitrogens with zero attached hydrogens (tertiary/aromatic N) is 1. The van der Waals surface area contributed by atoms with E-state index in [2.05, 4.69) is 5.32 Å². The molecule has 2 rings (SSSR count). The van der Waals surface area contributed by atoms with E-state index in [1.807, 2.05) is 13.8 Å². The van der Waals surface area contributed by atoms with Crippen molar-refractivity contribution in [3.05, 3.63) is 59.2 Å². The smallest absolute Gasteiger partial charge is 0.417 e. The number of ether oxygens (including phenoxy) is 1. The molecule has 2 aromatic carbocycles. The number of hydrogen-bond donors (Lipinski definition) is 2. The number of phenols is 1. The standard InChI is InChI=1S/C22H23F3N2O3/c1-13(2)10-20(21(29)27-14(3)15-4-7-17(28)8-5-15)30-18-9-6-16(12-26)19(11-18)22(23,24)25/h4-9,11,13-14,20,28H,10H2,1-3H3,(H,27,29)/t14-,20?/m0/s1. The van der Waals surface area contributed by atoms with Gasteiger partial charge in [0.15, 0.2) is 6.10 Å². The Morgan fingerprint density at radius 1 is 1.17 bits per heavy atom. The molecule has 2 aromatic rings. The fraction of sp³-hybridized carbons (Fsp3) is 0.364. The minimum Gasteiger partial charge on any atom is -0.508 e. The number of aromatic hydroxyl groups is 1. The maximum absolute atomic E-state index is 13.2. The molecule has 0 aliphatic heterocycles. The zero-order chi connectivity index (χ0) is 22.5. The van der Waals surface area contributed by atoms with Gasteiger partial charge in [-0.05, 0) is 55.2 Å². The summed E-state index contributed by atoms with van der Waals surface area (Å²) in [6, 6.07) is 10.4. The van der Waals surface area contributed by atoms with E-state index in [0.717, 1.165) is 17.7 Å².